The molecule has 0 spiro atoms. The zero-order chi connectivity index (χ0) is 13.2. The number of thiophene rings is 1. The van der Waals surface area contributed by atoms with Crippen molar-refractivity contribution in [2.75, 3.05) is 13.6 Å². The summed E-state index contributed by atoms with van der Waals surface area (Å²) >= 11 is 1.15. The molecule has 0 fully saturated rings. The van der Waals surface area contributed by atoms with E-state index in [4.69, 9.17) is 10.7 Å². The largest absolute Gasteiger partial charge is 0.341 e. The van der Waals surface area contributed by atoms with Gasteiger partial charge in [0.2, 0.25) is 0 Å². The highest BCUT2D eigenvalue weighted by molar-refractivity contribution is 8.13. The number of nitrogens with zero attached hydrogens (tertiary/aromatic N) is 1. The van der Waals surface area contributed by atoms with Crippen LogP contribution in [0.5, 0.6) is 0 Å². The van der Waals surface area contributed by atoms with E-state index in [1.165, 1.54) is 6.07 Å². The van der Waals surface area contributed by atoms with Crippen molar-refractivity contribution in [3.8, 4) is 0 Å². The molecule has 7 heteroatoms. The van der Waals surface area contributed by atoms with E-state index < -0.39 is 9.05 Å². The van der Waals surface area contributed by atoms with E-state index in [0.29, 0.717) is 16.3 Å². The average Bonchev–Trinajstić information content (AvgIpc) is 2.59. The SMILES string of the molecule is CCCN(C)C(=O)c1cc(S(=O)(=O)Cl)c(C)s1. The van der Waals surface area contributed by atoms with Crippen LogP contribution in [0.15, 0.2) is 11.0 Å². The molecule has 4 nitrogen and oxygen atoms in total. The van der Waals surface area contributed by atoms with Crippen molar-refractivity contribution in [3.63, 3.8) is 0 Å². The van der Waals surface area contributed by atoms with Gasteiger partial charge in [-0.05, 0) is 19.4 Å². The summed E-state index contributed by atoms with van der Waals surface area (Å²) in [7, 11) is 3.19. The topological polar surface area (TPSA) is 54.5 Å². The normalized spacial score (nSPS) is 11.5. The Labute approximate surface area is 110 Å². The molecule has 0 saturated heterocycles. The molecular formula is C10H14ClNO3S2. The van der Waals surface area contributed by atoms with Crippen molar-refractivity contribution in [2.24, 2.45) is 0 Å². The maximum atomic E-state index is 11.9. The molecule has 0 saturated carbocycles. The van der Waals surface area contributed by atoms with Gasteiger partial charge in [0.05, 0.1) is 9.77 Å². The molecule has 0 aliphatic rings. The van der Waals surface area contributed by atoms with Gasteiger partial charge in [0.1, 0.15) is 0 Å². The van der Waals surface area contributed by atoms with Crippen molar-refractivity contribution >= 4 is 37.0 Å². The van der Waals surface area contributed by atoms with Crippen molar-refractivity contribution < 1.29 is 13.2 Å². The van der Waals surface area contributed by atoms with E-state index in [1.54, 1.807) is 18.9 Å². The number of carbonyl (C=O) groups is 1. The lowest BCUT2D eigenvalue weighted by molar-refractivity contribution is 0.0799. The van der Waals surface area contributed by atoms with Gasteiger partial charge in [-0.15, -0.1) is 11.3 Å². The lowest BCUT2D eigenvalue weighted by atomic mass is 10.3. The van der Waals surface area contributed by atoms with Gasteiger partial charge in [-0.3, -0.25) is 4.79 Å². The molecule has 0 aromatic carbocycles. The van der Waals surface area contributed by atoms with Crippen LogP contribution in [0.3, 0.4) is 0 Å². The van der Waals surface area contributed by atoms with Gasteiger partial charge in [-0.25, -0.2) is 8.42 Å². The van der Waals surface area contributed by atoms with E-state index in [-0.39, 0.29) is 10.8 Å². The summed E-state index contributed by atoms with van der Waals surface area (Å²) in [6.07, 6.45) is 0.854. The average molecular weight is 296 g/mol. The van der Waals surface area contributed by atoms with Crippen LogP contribution in [0, 0.1) is 6.92 Å². The van der Waals surface area contributed by atoms with Gasteiger partial charge in [0.25, 0.3) is 15.0 Å². The Balaban J connectivity index is 3.06. The molecule has 0 unspecified atom stereocenters. The number of hydrogen-bond acceptors (Lipinski definition) is 4. The highest BCUT2D eigenvalue weighted by Crippen LogP contribution is 2.28. The Morgan fingerprint density at radius 2 is 2.12 bits per heavy atom. The molecule has 17 heavy (non-hydrogen) atoms. The lowest BCUT2D eigenvalue weighted by Crippen LogP contribution is -2.26. The molecule has 0 aliphatic carbocycles. The van der Waals surface area contributed by atoms with Crippen LogP contribution in [0.2, 0.25) is 0 Å². The molecule has 0 radical (unpaired) electrons. The first kappa shape index (κ1) is 14.5. The third-order valence-electron chi connectivity index (χ3n) is 2.25. The maximum absolute atomic E-state index is 11.9. The predicted molar refractivity (Wildman–Crippen MR) is 69.3 cm³/mol. The lowest BCUT2D eigenvalue weighted by Gasteiger charge is -2.14. The van der Waals surface area contributed by atoms with Crippen molar-refractivity contribution in [2.45, 2.75) is 25.2 Å². The third kappa shape index (κ3) is 3.43. The molecule has 1 rings (SSSR count). The fourth-order valence-electron chi connectivity index (χ4n) is 1.44. The van der Waals surface area contributed by atoms with E-state index >= 15 is 0 Å². The van der Waals surface area contributed by atoms with Gasteiger partial charge in [0, 0.05) is 29.2 Å². The van der Waals surface area contributed by atoms with Crippen LogP contribution in [-0.4, -0.2) is 32.8 Å². The van der Waals surface area contributed by atoms with Gasteiger partial charge >= 0.3 is 0 Å². The second-order valence-electron chi connectivity index (χ2n) is 3.70. The molecule has 96 valence electrons. The fraction of sp³-hybridized carbons (Fsp3) is 0.500. The smallest absolute Gasteiger partial charge is 0.263 e. The quantitative estimate of drug-likeness (QED) is 0.802. The van der Waals surface area contributed by atoms with Crippen LogP contribution < -0.4 is 0 Å². The van der Waals surface area contributed by atoms with Gasteiger partial charge in [0.15, 0.2) is 0 Å². The van der Waals surface area contributed by atoms with Crippen LogP contribution in [0.25, 0.3) is 0 Å². The molecule has 0 atom stereocenters. The van der Waals surface area contributed by atoms with Crippen LogP contribution in [0.1, 0.15) is 27.9 Å². The number of hydrogen-bond donors (Lipinski definition) is 0. The first-order valence-electron chi connectivity index (χ1n) is 5.08. The van der Waals surface area contributed by atoms with Crippen LogP contribution in [0.4, 0.5) is 0 Å². The van der Waals surface area contributed by atoms with E-state index in [2.05, 4.69) is 0 Å². The first-order valence-corrected chi connectivity index (χ1v) is 8.20. The van der Waals surface area contributed by atoms with Crippen molar-refractivity contribution in [1.82, 2.24) is 4.90 Å². The van der Waals surface area contributed by atoms with E-state index in [0.717, 1.165) is 17.8 Å². The maximum Gasteiger partial charge on any atom is 0.263 e. The summed E-state index contributed by atoms with van der Waals surface area (Å²) in [5.41, 5.74) is 0. The van der Waals surface area contributed by atoms with Gasteiger partial charge < -0.3 is 4.90 Å². The fourth-order valence-corrected chi connectivity index (χ4v) is 4.10. The highest BCUT2D eigenvalue weighted by atomic mass is 35.7. The second-order valence-corrected chi connectivity index (χ2v) is 7.49. The number of aryl methyl sites for hydroxylation is 1. The van der Waals surface area contributed by atoms with Crippen LogP contribution in [-0.2, 0) is 9.05 Å². The molecule has 1 amide bonds. The Hall–Kier alpha value is -0.590. The summed E-state index contributed by atoms with van der Waals surface area (Å²) in [5, 5.41) is 0. The molecular weight excluding hydrogens is 282 g/mol. The standard InChI is InChI=1S/C10H14ClNO3S2/c1-4-5-12(3)10(13)8-6-9(7(2)16-8)17(11,14)15/h6H,4-5H2,1-3H3. The monoisotopic (exact) mass is 295 g/mol. The van der Waals surface area contributed by atoms with E-state index in [1.807, 2.05) is 6.92 Å². The van der Waals surface area contributed by atoms with Crippen LogP contribution >= 0.6 is 22.0 Å². The second kappa shape index (κ2) is 5.37. The Morgan fingerprint density at radius 1 is 1.53 bits per heavy atom. The summed E-state index contributed by atoms with van der Waals surface area (Å²) in [6, 6.07) is 1.34. The first-order chi connectivity index (χ1) is 7.77. The number of halogens is 1. The molecule has 1 heterocycles. The Kier molecular flexibility index (Phi) is 4.57. The van der Waals surface area contributed by atoms with Gasteiger partial charge in [-0.1, -0.05) is 6.92 Å². The summed E-state index contributed by atoms with van der Waals surface area (Å²) < 4.78 is 22.5. The third-order valence-corrected chi connectivity index (χ3v) is 4.87. The number of amides is 1. The summed E-state index contributed by atoms with van der Waals surface area (Å²) in [5.74, 6) is -0.175. The molecule has 1 aromatic rings. The predicted octanol–water partition coefficient (Wildman–Crippen LogP) is 2.47. The summed E-state index contributed by atoms with van der Waals surface area (Å²) in [6.45, 7) is 4.24. The minimum absolute atomic E-state index is 0.0254. The van der Waals surface area contributed by atoms with Crippen molar-refractivity contribution in [1.29, 1.82) is 0 Å². The molecule has 0 aliphatic heterocycles. The molecule has 0 bridgehead atoms. The molecule has 0 N–H and O–H groups in total. The minimum atomic E-state index is -3.77. The number of rotatable bonds is 4. The zero-order valence-electron chi connectivity index (χ0n) is 9.86. The Bertz CT molecular complexity index is 522. The highest BCUT2D eigenvalue weighted by Gasteiger charge is 2.21. The van der Waals surface area contributed by atoms with E-state index in [9.17, 15) is 13.2 Å². The van der Waals surface area contributed by atoms with Gasteiger partial charge in [-0.2, -0.15) is 0 Å². The summed E-state index contributed by atoms with van der Waals surface area (Å²) in [4.78, 5) is 14.5. The van der Waals surface area contributed by atoms with Crippen molar-refractivity contribution in [3.05, 3.63) is 15.8 Å². The number of carbonyl (C=O) groups excluding carboxylic acids is 1. The molecule has 1 aromatic heterocycles. The minimum Gasteiger partial charge on any atom is -0.341 e. The zero-order valence-corrected chi connectivity index (χ0v) is 12.2. The Morgan fingerprint density at radius 3 is 2.53 bits per heavy atom.